The van der Waals surface area contributed by atoms with Crippen LogP contribution in [0.2, 0.25) is 0 Å². The van der Waals surface area contributed by atoms with Gasteiger partial charge in [0.05, 0.1) is 25.4 Å². The number of hydrogen-bond acceptors (Lipinski definition) is 4. The summed E-state index contributed by atoms with van der Waals surface area (Å²) in [4.78, 5) is 11.5. The number of methoxy groups -OCH3 is 1. The molecular weight excluding hydrogens is 288 g/mol. The van der Waals surface area contributed by atoms with E-state index in [9.17, 15) is 4.79 Å². The Morgan fingerprint density at radius 2 is 2.41 bits per heavy atom. The lowest BCUT2D eigenvalue weighted by Gasteiger charge is -2.04. The molecule has 6 heteroatoms. The highest BCUT2D eigenvalue weighted by Gasteiger charge is 2.13. The van der Waals surface area contributed by atoms with Gasteiger partial charge in [0.2, 0.25) is 0 Å². The molecule has 2 heterocycles. The van der Waals surface area contributed by atoms with Gasteiger partial charge in [0.25, 0.3) is 0 Å². The van der Waals surface area contributed by atoms with Crippen molar-refractivity contribution in [3.05, 3.63) is 30.1 Å². The number of carbonyl (C=O) groups excluding carboxylic acids is 1. The number of halogens is 1. The van der Waals surface area contributed by atoms with Crippen LogP contribution in [0.5, 0.6) is 5.75 Å². The SMILES string of the molecule is COC(=O)c1cnn2ccc(OCCBr)cc12. The molecule has 0 saturated carbocycles. The second-order valence-electron chi connectivity index (χ2n) is 3.28. The summed E-state index contributed by atoms with van der Waals surface area (Å²) in [5, 5.41) is 4.81. The van der Waals surface area contributed by atoms with Crippen LogP contribution in [-0.4, -0.2) is 34.6 Å². The predicted octanol–water partition coefficient (Wildman–Crippen LogP) is 1.89. The third-order valence-electron chi connectivity index (χ3n) is 2.24. The number of nitrogens with zero attached hydrogens (tertiary/aromatic N) is 2. The lowest BCUT2D eigenvalue weighted by molar-refractivity contribution is 0.0603. The maximum atomic E-state index is 11.5. The summed E-state index contributed by atoms with van der Waals surface area (Å²) in [6.45, 7) is 0.567. The first-order chi connectivity index (χ1) is 8.26. The molecule has 5 nitrogen and oxygen atoms in total. The highest BCUT2D eigenvalue weighted by Crippen LogP contribution is 2.18. The van der Waals surface area contributed by atoms with Crippen LogP contribution >= 0.6 is 15.9 Å². The van der Waals surface area contributed by atoms with Gasteiger partial charge in [-0.25, -0.2) is 9.31 Å². The normalized spacial score (nSPS) is 10.5. The average Bonchev–Trinajstić information content (AvgIpc) is 2.78. The molecule has 0 aliphatic rings. The zero-order valence-electron chi connectivity index (χ0n) is 9.22. The standard InChI is InChI=1S/C11H11BrN2O3/c1-16-11(15)9-7-13-14-4-2-8(6-10(9)14)17-5-3-12/h2,4,6-7H,3,5H2,1H3. The fourth-order valence-corrected chi connectivity index (χ4v) is 1.64. The van der Waals surface area contributed by atoms with Crippen molar-refractivity contribution in [2.75, 3.05) is 19.0 Å². The molecule has 0 aliphatic carbocycles. The molecule has 0 bridgehead atoms. The van der Waals surface area contributed by atoms with Gasteiger partial charge >= 0.3 is 5.97 Å². The lowest BCUT2D eigenvalue weighted by atomic mass is 10.2. The number of esters is 1. The van der Waals surface area contributed by atoms with E-state index >= 15 is 0 Å². The molecule has 90 valence electrons. The van der Waals surface area contributed by atoms with Crippen molar-refractivity contribution in [2.45, 2.75) is 0 Å². The number of aromatic nitrogens is 2. The first-order valence-electron chi connectivity index (χ1n) is 5.00. The largest absolute Gasteiger partial charge is 0.493 e. The van der Waals surface area contributed by atoms with Crippen LogP contribution in [0.4, 0.5) is 0 Å². The molecule has 17 heavy (non-hydrogen) atoms. The van der Waals surface area contributed by atoms with Gasteiger partial charge in [0.15, 0.2) is 0 Å². The van der Waals surface area contributed by atoms with Crippen molar-refractivity contribution >= 4 is 27.4 Å². The molecule has 2 rings (SSSR count). The molecule has 0 radical (unpaired) electrons. The number of ether oxygens (including phenoxy) is 2. The average molecular weight is 299 g/mol. The van der Waals surface area contributed by atoms with Gasteiger partial charge in [-0.05, 0) is 6.07 Å². The first kappa shape index (κ1) is 11.9. The summed E-state index contributed by atoms with van der Waals surface area (Å²) in [6.07, 6.45) is 3.22. The van der Waals surface area contributed by atoms with Gasteiger partial charge < -0.3 is 9.47 Å². The van der Waals surface area contributed by atoms with E-state index < -0.39 is 5.97 Å². The number of pyridine rings is 1. The summed E-state index contributed by atoms with van der Waals surface area (Å²) in [6, 6.07) is 3.56. The summed E-state index contributed by atoms with van der Waals surface area (Å²) in [7, 11) is 1.34. The van der Waals surface area contributed by atoms with Gasteiger partial charge in [0.1, 0.15) is 11.3 Å². The van der Waals surface area contributed by atoms with E-state index in [2.05, 4.69) is 25.8 Å². The second-order valence-corrected chi connectivity index (χ2v) is 4.07. The van der Waals surface area contributed by atoms with Crippen LogP contribution in [-0.2, 0) is 4.74 Å². The third kappa shape index (κ3) is 2.41. The molecule has 0 fully saturated rings. The van der Waals surface area contributed by atoms with Crippen molar-refractivity contribution < 1.29 is 14.3 Å². The minimum atomic E-state index is -0.405. The molecule has 0 N–H and O–H groups in total. The predicted molar refractivity (Wildman–Crippen MR) is 65.8 cm³/mol. The summed E-state index contributed by atoms with van der Waals surface area (Å²) < 4.78 is 11.7. The van der Waals surface area contributed by atoms with Gasteiger partial charge in [0, 0.05) is 17.6 Å². The maximum Gasteiger partial charge on any atom is 0.341 e. The number of rotatable bonds is 4. The van der Waals surface area contributed by atoms with Crippen molar-refractivity contribution in [3.63, 3.8) is 0 Å². The van der Waals surface area contributed by atoms with Crippen molar-refractivity contribution in [1.82, 2.24) is 9.61 Å². The van der Waals surface area contributed by atoms with E-state index in [0.717, 1.165) is 5.33 Å². The van der Waals surface area contributed by atoms with Crippen molar-refractivity contribution in [1.29, 1.82) is 0 Å². The van der Waals surface area contributed by atoms with Crippen molar-refractivity contribution in [2.24, 2.45) is 0 Å². The van der Waals surface area contributed by atoms with Crippen LogP contribution in [0.25, 0.3) is 5.52 Å². The Morgan fingerprint density at radius 1 is 1.59 bits per heavy atom. The molecule has 0 unspecified atom stereocenters. The van der Waals surface area contributed by atoms with E-state index in [1.165, 1.54) is 13.3 Å². The number of fused-ring (bicyclic) bond motifs is 1. The Balaban J connectivity index is 2.39. The fourth-order valence-electron chi connectivity index (χ4n) is 1.47. The lowest BCUT2D eigenvalue weighted by Crippen LogP contribution is -2.01. The zero-order chi connectivity index (χ0) is 12.3. The molecule has 0 aromatic carbocycles. The van der Waals surface area contributed by atoms with Gasteiger partial charge in [-0.2, -0.15) is 5.10 Å². The van der Waals surface area contributed by atoms with Crippen LogP contribution in [0.1, 0.15) is 10.4 Å². The third-order valence-corrected chi connectivity index (χ3v) is 2.57. The van der Waals surface area contributed by atoms with Gasteiger partial charge in [-0.1, -0.05) is 15.9 Å². The maximum absolute atomic E-state index is 11.5. The van der Waals surface area contributed by atoms with Crippen molar-refractivity contribution in [3.8, 4) is 5.75 Å². The Bertz CT molecular complexity index is 538. The molecule has 0 saturated heterocycles. The highest BCUT2D eigenvalue weighted by molar-refractivity contribution is 9.09. The smallest absolute Gasteiger partial charge is 0.341 e. The van der Waals surface area contributed by atoms with E-state index in [1.54, 1.807) is 22.8 Å². The fraction of sp³-hybridized carbons (Fsp3) is 0.273. The minimum absolute atomic E-state index is 0.405. The quantitative estimate of drug-likeness (QED) is 0.639. The number of hydrogen-bond donors (Lipinski definition) is 0. The Hall–Kier alpha value is -1.56. The highest BCUT2D eigenvalue weighted by atomic mass is 79.9. The van der Waals surface area contributed by atoms with Crippen LogP contribution < -0.4 is 4.74 Å². The number of alkyl halides is 1. The monoisotopic (exact) mass is 298 g/mol. The van der Waals surface area contributed by atoms with Crippen LogP contribution in [0, 0.1) is 0 Å². The second kappa shape index (κ2) is 5.18. The van der Waals surface area contributed by atoms with Crippen LogP contribution in [0.15, 0.2) is 24.5 Å². The van der Waals surface area contributed by atoms with E-state index in [4.69, 9.17) is 4.74 Å². The summed E-state index contributed by atoms with van der Waals surface area (Å²) >= 11 is 3.28. The Morgan fingerprint density at radius 3 is 3.12 bits per heavy atom. The number of carbonyl (C=O) groups is 1. The van der Waals surface area contributed by atoms with E-state index in [-0.39, 0.29) is 0 Å². The molecule has 2 aromatic heterocycles. The molecule has 0 amide bonds. The molecule has 2 aromatic rings. The molecule has 0 aliphatic heterocycles. The summed E-state index contributed by atoms with van der Waals surface area (Å²) in [5.41, 5.74) is 1.10. The van der Waals surface area contributed by atoms with E-state index in [1.807, 2.05) is 0 Å². The first-order valence-corrected chi connectivity index (χ1v) is 6.13. The summed E-state index contributed by atoms with van der Waals surface area (Å²) in [5.74, 6) is 0.292. The Kier molecular flexibility index (Phi) is 3.63. The van der Waals surface area contributed by atoms with Gasteiger partial charge in [-0.3, -0.25) is 0 Å². The minimum Gasteiger partial charge on any atom is -0.493 e. The Labute approximate surface area is 106 Å². The molecular formula is C11H11BrN2O3. The molecule has 0 spiro atoms. The van der Waals surface area contributed by atoms with Gasteiger partial charge in [-0.15, -0.1) is 0 Å². The van der Waals surface area contributed by atoms with Crippen LogP contribution in [0.3, 0.4) is 0 Å². The molecule has 0 atom stereocenters. The zero-order valence-corrected chi connectivity index (χ0v) is 10.8. The topological polar surface area (TPSA) is 52.8 Å². The van der Waals surface area contributed by atoms with E-state index in [0.29, 0.717) is 23.4 Å².